The third-order valence-corrected chi connectivity index (χ3v) is 4.05. The third-order valence-electron chi connectivity index (χ3n) is 3.74. The van der Waals surface area contributed by atoms with Crippen LogP contribution >= 0.6 is 11.6 Å². The molecule has 0 fully saturated rings. The van der Waals surface area contributed by atoms with Gasteiger partial charge in [-0.25, -0.2) is 9.97 Å². The second-order valence-electron chi connectivity index (χ2n) is 5.38. The number of rotatable bonds is 5. The number of anilines is 1. The predicted molar refractivity (Wildman–Crippen MR) is 90.0 cm³/mol. The van der Waals surface area contributed by atoms with Gasteiger partial charge in [0, 0.05) is 38.2 Å². The monoisotopic (exact) mass is 314 g/mol. The van der Waals surface area contributed by atoms with Crippen LogP contribution in [-0.4, -0.2) is 28.0 Å². The van der Waals surface area contributed by atoms with Gasteiger partial charge in [0.15, 0.2) is 0 Å². The van der Waals surface area contributed by atoms with Crippen LogP contribution in [0.1, 0.15) is 16.8 Å². The van der Waals surface area contributed by atoms with Gasteiger partial charge in [-0.2, -0.15) is 0 Å². The molecule has 0 amide bonds. The molecule has 0 bridgehead atoms. The van der Waals surface area contributed by atoms with Gasteiger partial charge in [-0.05, 0) is 5.56 Å². The lowest BCUT2D eigenvalue weighted by Crippen LogP contribution is -2.31. The highest BCUT2D eigenvalue weighted by atomic mass is 35.5. The Morgan fingerprint density at radius 3 is 2.86 bits per heavy atom. The Morgan fingerprint density at radius 2 is 2.09 bits per heavy atom. The molecule has 4 nitrogen and oxygen atoms in total. The Bertz CT molecular complexity index is 657. The summed E-state index contributed by atoms with van der Waals surface area (Å²) < 4.78 is 0. The molecule has 1 aliphatic rings. The fraction of sp³-hybridized carbons (Fsp3) is 0.294. The van der Waals surface area contributed by atoms with E-state index >= 15 is 0 Å². The highest BCUT2D eigenvalue weighted by molar-refractivity contribution is 6.30. The lowest BCUT2D eigenvalue weighted by atomic mass is 10.1. The van der Waals surface area contributed by atoms with Crippen LogP contribution in [0, 0.1) is 0 Å². The number of benzene rings is 1. The molecule has 3 rings (SSSR count). The summed E-state index contributed by atoms with van der Waals surface area (Å²) in [5, 5.41) is 3.65. The molecule has 0 aliphatic carbocycles. The van der Waals surface area contributed by atoms with Crippen LogP contribution in [0.15, 0.2) is 43.0 Å². The number of hydrogen-bond donors (Lipinski definition) is 1. The SMILES string of the molecule is C=CCNc1nc(Cl)c2c(n1)CCN(Cc1ccccc1)C2. The van der Waals surface area contributed by atoms with Crippen molar-refractivity contribution in [3.8, 4) is 0 Å². The minimum Gasteiger partial charge on any atom is -0.351 e. The number of hydrogen-bond acceptors (Lipinski definition) is 4. The van der Waals surface area contributed by atoms with E-state index in [-0.39, 0.29) is 0 Å². The van der Waals surface area contributed by atoms with Crippen LogP contribution in [0.25, 0.3) is 0 Å². The van der Waals surface area contributed by atoms with Crippen LogP contribution in [0.2, 0.25) is 5.15 Å². The second kappa shape index (κ2) is 6.90. The molecule has 0 spiro atoms. The third kappa shape index (κ3) is 3.46. The summed E-state index contributed by atoms with van der Waals surface area (Å²) in [5.41, 5.74) is 3.41. The largest absolute Gasteiger partial charge is 0.351 e. The molecule has 0 saturated carbocycles. The van der Waals surface area contributed by atoms with E-state index in [0.29, 0.717) is 17.6 Å². The first-order chi connectivity index (χ1) is 10.8. The predicted octanol–water partition coefficient (Wildman–Crippen LogP) is 3.29. The van der Waals surface area contributed by atoms with Crippen LogP contribution < -0.4 is 5.32 Å². The van der Waals surface area contributed by atoms with Gasteiger partial charge in [-0.3, -0.25) is 4.90 Å². The normalized spacial score (nSPS) is 14.4. The lowest BCUT2D eigenvalue weighted by Gasteiger charge is -2.28. The average Bonchev–Trinajstić information content (AvgIpc) is 2.54. The van der Waals surface area contributed by atoms with Crippen molar-refractivity contribution in [2.75, 3.05) is 18.4 Å². The van der Waals surface area contributed by atoms with Crippen molar-refractivity contribution in [2.24, 2.45) is 0 Å². The molecule has 0 radical (unpaired) electrons. The lowest BCUT2D eigenvalue weighted by molar-refractivity contribution is 0.243. The molecule has 0 atom stereocenters. The minimum absolute atomic E-state index is 0.550. The Labute approximate surface area is 135 Å². The molecular weight excluding hydrogens is 296 g/mol. The molecule has 0 unspecified atom stereocenters. The van der Waals surface area contributed by atoms with Crippen molar-refractivity contribution in [3.63, 3.8) is 0 Å². The zero-order valence-electron chi connectivity index (χ0n) is 12.4. The molecule has 1 aliphatic heterocycles. The number of halogens is 1. The standard InChI is InChI=1S/C17H19ClN4/c1-2-9-19-17-20-15-8-10-22(12-14(15)16(18)21-17)11-13-6-4-3-5-7-13/h2-7H,1,8-12H2,(H,19,20,21). The second-order valence-corrected chi connectivity index (χ2v) is 5.74. The first kappa shape index (κ1) is 15.0. The van der Waals surface area contributed by atoms with E-state index in [2.05, 4.69) is 51.0 Å². The average molecular weight is 315 g/mol. The minimum atomic E-state index is 0.550. The van der Waals surface area contributed by atoms with Gasteiger partial charge in [0.2, 0.25) is 5.95 Å². The van der Waals surface area contributed by atoms with Gasteiger partial charge in [-0.15, -0.1) is 6.58 Å². The Morgan fingerprint density at radius 1 is 1.27 bits per heavy atom. The molecule has 22 heavy (non-hydrogen) atoms. The van der Waals surface area contributed by atoms with Gasteiger partial charge in [0.1, 0.15) is 5.15 Å². The first-order valence-corrected chi connectivity index (χ1v) is 7.80. The maximum absolute atomic E-state index is 6.35. The van der Waals surface area contributed by atoms with E-state index in [1.54, 1.807) is 6.08 Å². The van der Waals surface area contributed by atoms with Gasteiger partial charge >= 0.3 is 0 Å². The van der Waals surface area contributed by atoms with Crippen molar-refractivity contribution in [2.45, 2.75) is 19.5 Å². The van der Waals surface area contributed by atoms with E-state index in [1.807, 2.05) is 6.07 Å². The van der Waals surface area contributed by atoms with Crippen molar-refractivity contribution in [3.05, 3.63) is 65.0 Å². The van der Waals surface area contributed by atoms with Crippen LogP contribution in [-0.2, 0) is 19.5 Å². The smallest absolute Gasteiger partial charge is 0.224 e. The zero-order valence-corrected chi connectivity index (χ0v) is 13.2. The van der Waals surface area contributed by atoms with E-state index in [9.17, 15) is 0 Å². The molecule has 2 heterocycles. The Hall–Kier alpha value is -1.91. The number of nitrogens with one attached hydrogen (secondary N) is 1. The Kier molecular flexibility index (Phi) is 4.71. The van der Waals surface area contributed by atoms with Crippen molar-refractivity contribution in [1.29, 1.82) is 0 Å². The number of fused-ring (bicyclic) bond motifs is 1. The highest BCUT2D eigenvalue weighted by Crippen LogP contribution is 2.25. The summed E-state index contributed by atoms with van der Waals surface area (Å²) in [6.07, 6.45) is 2.67. The molecule has 1 aromatic heterocycles. The number of aromatic nitrogens is 2. The maximum atomic E-state index is 6.35. The van der Waals surface area contributed by atoms with Crippen molar-refractivity contribution < 1.29 is 0 Å². The van der Waals surface area contributed by atoms with Gasteiger partial charge in [0.25, 0.3) is 0 Å². The van der Waals surface area contributed by atoms with E-state index in [0.717, 1.165) is 37.3 Å². The molecule has 5 heteroatoms. The highest BCUT2D eigenvalue weighted by Gasteiger charge is 2.21. The first-order valence-electron chi connectivity index (χ1n) is 7.42. The molecule has 2 aromatic rings. The quantitative estimate of drug-likeness (QED) is 0.679. The number of nitrogens with zero attached hydrogens (tertiary/aromatic N) is 3. The summed E-state index contributed by atoms with van der Waals surface area (Å²) in [6, 6.07) is 10.5. The van der Waals surface area contributed by atoms with Crippen molar-refractivity contribution in [1.82, 2.24) is 14.9 Å². The van der Waals surface area contributed by atoms with Crippen molar-refractivity contribution >= 4 is 17.5 Å². The zero-order chi connectivity index (χ0) is 15.4. The maximum Gasteiger partial charge on any atom is 0.224 e. The molecule has 114 valence electrons. The summed E-state index contributed by atoms with van der Waals surface area (Å²) in [5.74, 6) is 0.583. The van der Waals surface area contributed by atoms with Gasteiger partial charge < -0.3 is 5.32 Å². The fourth-order valence-electron chi connectivity index (χ4n) is 2.65. The molecule has 1 N–H and O–H groups in total. The van der Waals surface area contributed by atoms with Crippen LogP contribution in [0.3, 0.4) is 0 Å². The Balaban J connectivity index is 1.74. The summed E-state index contributed by atoms with van der Waals surface area (Å²) in [4.78, 5) is 11.3. The fourth-order valence-corrected chi connectivity index (χ4v) is 2.90. The topological polar surface area (TPSA) is 41.1 Å². The van der Waals surface area contributed by atoms with E-state index in [1.165, 1.54) is 5.56 Å². The van der Waals surface area contributed by atoms with Gasteiger partial charge in [-0.1, -0.05) is 48.0 Å². The summed E-state index contributed by atoms with van der Waals surface area (Å²) >= 11 is 6.35. The van der Waals surface area contributed by atoms with Crippen LogP contribution in [0.4, 0.5) is 5.95 Å². The van der Waals surface area contributed by atoms with Gasteiger partial charge in [0.05, 0.1) is 5.69 Å². The summed E-state index contributed by atoms with van der Waals surface area (Å²) in [7, 11) is 0. The van der Waals surface area contributed by atoms with Crippen LogP contribution in [0.5, 0.6) is 0 Å². The molecule has 1 aromatic carbocycles. The molecular formula is C17H19ClN4. The van der Waals surface area contributed by atoms with E-state index < -0.39 is 0 Å². The molecule has 0 saturated heterocycles. The summed E-state index contributed by atoms with van der Waals surface area (Å²) in [6.45, 7) is 7.01. The van der Waals surface area contributed by atoms with E-state index in [4.69, 9.17) is 11.6 Å².